The number of anilines is 2. The first-order chi connectivity index (χ1) is 16.1. The van der Waals surface area contributed by atoms with Crippen molar-refractivity contribution in [3.8, 4) is 6.07 Å². The molecular weight excluding hydrogens is 414 g/mol. The predicted octanol–water partition coefficient (Wildman–Crippen LogP) is 2.47. The van der Waals surface area contributed by atoms with Gasteiger partial charge >= 0.3 is 0 Å². The molecule has 0 amide bonds. The molecule has 2 aliphatic rings. The highest BCUT2D eigenvalue weighted by Crippen LogP contribution is 2.39. The second kappa shape index (κ2) is 9.20. The fourth-order valence-corrected chi connectivity index (χ4v) is 4.78. The van der Waals surface area contributed by atoms with Gasteiger partial charge in [0.2, 0.25) is 6.35 Å². The smallest absolute Gasteiger partial charge is 0.208 e. The minimum Gasteiger partial charge on any atom is -0.390 e. The quantitative estimate of drug-likeness (QED) is 0.608. The zero-order chi connectivity index (χ0) is 22.8. The predicted molar refractivity (Wildman–Crippen MR) is 126 cm³/mol. The summed E-state index contributed by atoms with van der Waals surface area (Å²) in [5, 5.41) is 31.1. The topological polar surface area (TPSA) is 86.9 Å². The number of rotatable bonds is 6. The number of aromatic nitrogens is 1. The molecule has 0 bridgehead atoms. The summed E-state index contributed by atoms with van der Waals surface area (Å²) in [4.78, 5) is 10.3. The Morgan fingerprint density at radius 3 is 2.42 bits per heavy atom. The average Bonchev–Trinajstić information content (AvgIpc) is 3.10. The van der Waals surface area contributed by atoms with E-state index in [9.17, 15) is 10.2 Å². The van der Waals surface area contributed by atoms with Crippen molar-refractivity contribution in [2.24, 2.45) is 0 Å². The van der Waals surface area contributed by atoms with Crippen LogP contribution < -0.4 is 9.80 Å². The normalized spacial score (nSPS) is 18.5. The van der Waals surface area contributed by atoms with Gasteiger partial charge in [-0.1, -0.05) is 36.4 Å². The van der Waals surface area contributed by atoms with E-state index >= 15 is 0 Å². The van der Waals surface area contributed by atoms with Gasteiger partial charge in [0.15, 0.2) is 0 Å². The lowest BCUT2D eigenvalue weighted by Gasteiger charge is -2.33. The summed E-state index contributed by atoms with van der Waals surface area (Å²) in [5.74, 6) is 0. The van der Waals surface area contributed by atoms with Crippen molar-refractivity contribution in [3.63, 3.8) is 0 Å². The van der Waals surface area contributed by atoms with E-state index in [1.807, 2.05) is 34.1 Å². The second-order valence-corrected chi connectivity index (χ2v) is 8.67. The number of nitriles is 1. The number of pyridine rings is 1. The van der Waals surface area contributed by atoms with Crippen molar-refractivity contribution in [2.45, 2.75) is 32.0 Å². The molecule has 5 rings (SSSR count). The molecule has 1 aromatic heterocycles. The van der Waals surface area contributed by atoms with Gasteiger partial charge in [-0.3, -0.25) is 9.88 Å². The molecule has 168 valence electrons. The Balaban J connectivity index is 1.27. The number of aliphatic hydroxyl groups excluding tert-OH is 2. The van der Waals surface area contributed by atoms with Crippen LogP contribution in [-0.4, -0.2) is 52.2 Å². The lowest BCUT2D eigenvalue weighted by atomic mass is 10.00. The number of hydrogen-bond donors (Lipinski definition) is 2. The summed E-state index contributed by atoms with van der Waals surface area (Å²) < 4.78 is 0. The van der Waals surface area contributed by atoms with Crippen LogP contribution in [0, 0.1) is 11.3 Å². The first-order valence-corrected chi connectivity index (χ1v) is 11.2. The number of hydrogen-bond acceptors (Lipinski definition) is 7. The highest BCUT2D eigenvalue weighted by molar-refractivity contribution is 5.77. The molecule has 7 heteroatoms. The monoisotopic (exact) mass is 441 g/mol. The lowest BCUT2D eigenvalue weighted by Crippen LogP contribution is -2.48. The Bertz CT molecular complexity index is 1160. The molecule has 0 aliphatic carbocycles. The zero-order valence-corrected chi connectivity index (χ0v) is 18.4. The maximum Gasteiger partial charge on any atom is 0.208 e. The molecule has 2 aliphatic heterocycles. The van der Waals surface area contributed by atoms with E-state index in [4.69, 9.17) is 5.26 Å². The summed E-state index contributed by atoms with van der Waals surface area (Å²) in [6.07, 6.45) is 1.02. The summed E-state index contributed by atoms with van der Waals surface area (Å²) in [6.45, 7) is 3.04. The second-order valence-electron chi connectivity index (χ2n) is 8.67. The van der Waals surface area contributed by atoms with Crippen LogP contribution in [0.1, 0.15) is 22.4 Å². The van der Waals surface area contributed by atoms with Crippen LogP contribution in [-0.2, 0) is 19.5 Å². The van der Waals surface area contributed by atoms with Gasteiger partial charge in [0.25, 0.3) is 0 Å². The maximum atomic E-state index is 11.2. The Kier molecular flexibility index (Phi) is 5.97. The van der Waals surface area contributed by atoms with Crippen LogP contribution >= 0.6 is 0 Å². The fourth-order valence-electron chi connectivity index (χ4n) is 4.78. The first kappa shape index (κ1) is 21.4. The fraction of sp³-hybridized carbons (Fsp3) is 0.308. The van der Waals surface area contributed by atoms with Gasteiger partial charge in [-0.2, -0.15) is 5.26 Å². The largest absolute Gasteiger partial charge is 0.390 e. The van der Waals surface area contributed by atoms with Gasteiger partial charge in [-0.15, -0.1) is 0 Å². The molecule has 2 N–H and O–H groups in total. The standard InChI is InChI=1S/C26H27N5O2/c27-13-19-9-10-22(28-14-19)16-30-24-7-3-4-8-25(24)31(26(30)33)18-23(32)17-29-12-11-20-5-1-2-6-21(20)15-29/h1-10,14,23,26,32-33H,11-12,15-18H2. The van der Waals surface area contributed by atoms with Crippen LogP contribution in [0.2, 0.25) is 0 Å². The van der Waals surface area contributed by atoms with E-state index in [-0.39, 0.29) is 0 Å². The average molecular weight is 442 g/mol. The third kappa shape index (κ3) is 4.41. The van der Waals surface area contributed by atoms with E-state index in [0.29, 0.717) is 25.2 Å². The molecule has 3 heterocycles. The Morgan fingerprint density at radius 2 is 1.70 bits per heavy atom. The van der Waals surface area contributed by atoms with Crippen molar-refractivity contribution in [1.82, 2.24) is 9.88 Å². The minimum atomic E-state index is -0.906. The number of nitrogens with zero attached hydrogens (tertiary/aromatic N) is 5. The number of para-hydroxylation sites is 2. The molecular formula is C26H27N5O2. The highest BCUT2D eigenvalue weighted by Gasteiger charge is 2.35. The van der Waals surface area contributed by atoms with Crippen molar-refractivity contribution in [3.05, 3.63) is 89.2 Å². The van der Waals surface area contributed by atoms with Crippen LogP contribution in [0.3, 0.4) is 0 Å². The summed E-state index contributed by atoms with van der Waals surface area (Å²) in [5.41, 5.74) is 5.77. The summed E-state index contributed by atoms with van der Waals surface area (Å²) in [7, 11) is 0. The minimum absolute atomic E-state index is 0.327. The van der Waals surface area contributed by atoms with Gasteiger partial charge in [-0.25, -0.2) is 0 Å². The van der Waals surface area contributed by atoms with E-state index in [0.717, 1.165) is 36.6 Å². The molecule has 0 saturated heterocycles. The molecule has 3 aromatic rings. The van der Waals surface area contributed by atoms with Gasteiger partial charge in [0.05, 0.1) is 35.3 Å². The van der Waals surface area contributed by atoms with E-state index < -0.39 is 12.5 Å². The number of fused-ring (bicyclic) bond motifs is 2. The van der Waals surface area contributed by atoms with Gasteiger partial charge < -0.3 is 20.0 Å². The third-order valence-electron chi connectivity index (χ3n) is 6.43. The van der Waals surface area contributed by atoms with E-state index in [1.54, 1.807) is 18.3 Å². The molecule has 2 atom stereocenters. The van der Waals surface area contributed by atoms with E-state index in [2.05, 4.69) is 40.2 Å². The van der Waals surface area contributed by atoms with Crippen molar-refractivity contribution < 1.29 is 10.2 Å². The third-order valence-corrected chi connectivity index (χ3v) is 6.43. The SMILES string of the molecule is N#Cc1ccc(CN2c3ccccc3N(CC(O)CN3CCc4ccccc4C3)C2O)nc1. The van der Waals surface area contributed by atoms with Crippen LogP contribution in [0.4, 0.5) is 11.4 Å². The molecule has 33 heavy (non-hydrogen) atoms. The molecule has 0 fully saturated rings. The molecule has 0 radical (unpaired) electrons. The molecule has 2 unspecified atom stereocenters. The summed E-state index contributed by atoms with van der Waals surface area (Å²) >= 11 is 0. The van der Waals surface area contributed by atoms with Gasteiger partial charge in [0, 0.05) is 32.4 Å². The lowest BCUT2D eigenvalue weighted by molar-refractivity contribution is 0.0936. The number of β-amino-alcohol motifs (C(OH)–C–C–N with tert-alkyl or cyclic N) is 1. The van der Waals surface area contributed by atoms with E-state index in [1.165, 1.54) is 11.1 Å². The van der Waals surface area contributed by atoms with Gasteiger partial charge in [-0.05, 0) is 41.8 Å². The highest BCUT2D eigenvalue weighted by atomic mass is 16.3. The Morgan fingerprint density at radius 1 is 0.970 bits per heavy atom. The van der Waals surface area contributed by atoms with Crippen molar-refractivity contribution >= 4 is 11.4 Å². The first-order valence-electron chi connectivity index (χ1n) is 11.2. The van der Waals surface area contributed by atoms with Crippen LogP contribution in [0.15, 0.2) is 66.9 Å². The Hall–Kier alpha value is -3.44. The van der Waals surface area contributed by atoms with Gasteiger partial charge in [0.1, 0.15) is 6.07 Å². The van der Waals surface area contributed by atoms with Crippen LogP contribution in [0.5, 0.6) is 0 Å². The molecule has 2 aromatic carbocycles. The zero-order valence-electron chi connectivity index (χ0n) is 18.4. The van der Waals surface area contributed by atoms with Crippen molar-refractivity contribution in [1.29, 1.82) is 5.26 Å². The Labute approximate surface area is 193 Å². The number of aliphatic hydroxyl groups is 2. The molecule has 0 spiro atoms. The van der Waals surface area contributed by atoms with Crippen LogP contribution in [0.25, 0.3) is 0 Å². The maximum absolute atomic E-state index is 11.2. The molecule has 7 nitrogen and oxygen atoms in total. The summed E-state index contributed by atoms with van der Waals surface area (Å²) in [6, 6.07) is 21.9. The number of benzene rings is 2. The molecule has 0 saturated carbocycles. The van der Waals surface area contributed by atoms with Crippen molar-refractivity contribution in [2.75, 3.05) is 29.4 Å².